The molecule has 2 heterocycles. The summed E-state index contributed by atoms with van der Waals surface area (Å²) in [6, 6.07) is 14.0. The van der Waals surface area contributed by atoms with Gasteiger partial charge in [0.25, 0.3) is 0 Å². The van der Waals surface area contributed by atoms with E-state index in [0.717, 1.165) is 47.2 Å². The average molecular weight is 385 g/mol. The molecule has 6 heteroatoms. The molecular weight excluding hydrogens is 360 g/mol. The molecule has 5 nitrogen and oxygen atoms in total. The van der Waals surface area contributed by atoms with E-state index in [1.165, 1.54) is 0 Å². The van der Waals surface area contributed by atoms with Gasteiger partial charge >= 0.3 is 0 Å². The monoisotopic (exact) mass is 384 g/mol. The van der Waals surface area contributed by atoms with Crippen LogP contribution in [-0.4, -0.2) is 32.2 Å². The van der Waals surface area contributed by atoms with Crippen LogP contribution in [0.15, 0.2) is 52.3 Å². The molecule has 1 amide bonds. The molecule has 0 spiro atoms. The fourth-order valence-corrected chi connectivity index (χ4v) is 4.31. The fraction of sp³-hybridized carbons (Fsp3) is 0.381. The van der Waals surface area contributed by atoms with Crippen molar-refractivity contribution in [1.82, 2.24) is 5.32 Å². The van der Waals surface area contributed by atoms with E-state index in [0.29, 0.717) is 31.3 Å². The third-order valence-corrected chi connectivity index (χ3v) is 5.90. The van der Waals surface area contributed by atoms with Crippen LogP contribution in [0.4, 0.5) is 5.69 Å². The van der Waals surface area contributed by atoms with Crippen LogP contribution in [0.5, 0.6) is 11.5 Å². The van der Waals surface area contributed by atoms with E-state index in [1.807, 2.05) is 30.3 Å². The van der Waals surface area contributed by atoms with Crippen molar-refractivity contribution < 1.29 is 14.3 Å². The van der Waals surface area contributed by atoms with E-state index in [9.17, 15) is 4.79 Å². The standard InChI is InChI=1S/C21H24N2O3S/c24-21(7-6-15-8-9-22-14-15)23-17-12-18-19(26-11-10-25-18)13-20(17)27-16-4-2-1-3-5-16/h1-5,12-13,15,22H,6-11,14H2,(H,23,24). The van der Waals surface area contributed by atoms with Gasteiger partial charge in [-0.3, -0.25) is 4.79 Å². The Balaban J connectivity index is 1.50. The fourth-order valence-electron chi connectivity index (χ4n) is 3.38. The third kappa shape index (κ3) is 4.76. The van der Waals surface area contributed by atoms with Crippen molar-refractivity contribution in [2.24, 2.45) is 5.92 Å². The molecule has 0 aliphatic carbocycles. The Hall–Kier alpha value is -2.18. The molecule has 0 aromatic heterocycles. The predicted molar refractivity (Wildman–Crippen MR) is 107 cm³/mol. The van der Waals surface area contributed by atoms with Gasteiger partial charge in [0.05, 0.1) is 5.69 Å². The number of carbonyl (C=O) groups is 1. The van der Waals surface area contributed by atoms with Crippen LogP contribution in [0.3, 0.4) is 0 Å². The number of anilines is 1. The van der Waals surface area contributed by atoms with Gasteiger partial charge < -0.3 is 20.1 Å². The Kier molecular flexibility index (Phi) is 5.84. The summed E-state index contributed by atoms with van der Waals surface area (Å²) in [5.41, 5.74) is 0.780. The number of rotatable bonds is 6. The number of benzene rings is 2. The quantitative estimate of drug-likeness (QED) is 0.790. The van der Waals surface area contributed by atoms with Crippen molar-refractivity contribution in [1.29, 1.82) is 0 Å². The average Bonchev–Trinajstić information content (AvgIpc) is 3.21. The highest BCUT2D eigenvalue weighted by Gasteiger charge is 2.19. The molecule has 1 fully saturated rings. The minimum atomic E-state index is 0.0495. The van der Waals surface area contributed by atoms with E-state index >= 15 is 0 Å². The molecule has 2 N–H and O–H groups in total. The van der Waals surface area contributed by atoms with Gasteiger partial charge in [-0.1, -0.05) is 30.0 Å². The Morgan fingerprint density at radius 2 is 1.93 bits per heavy atom. The van der Waals surface area contributed by atoms with Crippen LogP contribution in [-0.2, 0) is 4.79 Å². The van der Waals surface area contributed by atoms with Crippen LogP contribution in [0.25, 0.3) is 0 Å². The number of fused-ring (bicyclic) bond motifs is 1. The highest BCUT2D eigenvalue weighted by molar-refractivity contribution is 7.99. The lowest BCUT2D eigenvalue weighted by atomic mass is 10.0. The number of hydrogen-bond acceptors (Lipinski definition) is 5. The summed E-state index contributed by atoms with van der Waals surface area (Å²) in [6.45, 7) is 3.16. The van der Waals surface area contributed by atoms with Crippen LogP contribution in [0.2, 0.25) is 0 Å². The maximum absolute atomic E-state index is 12.5. The lowest BCUT2D eigenvalue weighted by Gasteiger charge is -2.21. The van der Waals surface area contributed by atoms with Crippen LogP contribution < -0.4 is 20.1 Å². The van der Waals surface area contributed by atoms with Crippen LogP contribution in [0, 0.1) is 5.92 Å². The van der Waals surface area contributed by atoms with E-state index < -0.39 is 0 Å². The summed E-state index contributed by atoms with van der Waals surface area (Å²) >= 11 is 1.61. The molecular formula is C21H24N2O3S. The molecule has 2 aliphatic heterocycles. The molecule has 1 unspecified atom stereocenters. The summed E-state index contributed by atoms with van der Waals surface area (Å²) in [6.07, 6.45) is 2.62. The molecule has 4 rings (SSSR count). The van der Waals surface area contributed by atoms with Gasteiger partial charge in [0.2, 0.25) is 5.91 Å². The second-order valence-corrected chi connectivity index (χ2v) is 7.97. The van der Waals surface area contributed by atoms with Crippen molar-refractivity contribution in [3.63, 3.8) is 0 Å². The van der Waals surface area contributed by atoms with E-state index in [4.69, 9.17) is 9.47 Å². The lowest BCUT2D eigenvalue weighted by molar-refractivity contribution is -0.116. The van der Waals surface area contributed by atoms with Crippen LogP contribution >= 0.6 is 11.8 Å². The molecule has 142 valence electrons. The van der Waals surface area contributed by atoms with Crippen molar-refractivity contribution in [3.05, 3.63) is 42.5 Å². The number of nitrogens with one attached hydrogen (secondary N) is 2. The summed E-state index contributed by atoms with van der Waals surface area (Å²) in [7, 11) is 0. The van der Waals surface area contributed by atoms with Gasteiger partial charge in [-0.2, -0.15) is 0 Å². The van der Waals surface area contributed by atoms with Gasteiger partial charge in [-0.15, -0.1) is 0 Å². The predicted octanol–water partition coefficient (Wildman–Crippen LogP) is 3.94. The maximum atomic E-state index is 12.5. The van der Waals surface area contributed by atoms with Gasteiger partial charge in [0.1, 0.15) is 13.2 Å². The van der Waals surface area contributed by atoms with Gasteiger partial charge in [-0.05, 0) is 44.0 Å². The summed E-state index contributed by atoms with van der Waals surface area (Å²) in [4.78, 5) is 14.6. The summed E-state index contributed by atoms with van der Waals surface area (Å²) < 4.78 is 11.4. The Morgan fingerprint density at radius 3 is 2.67 bits per heavy atom. The van der Waals surface area contributed by atoms with Crippen molar-refractivity contribution in [3.8, 4) is 11.5 Å². The number of amides is 1. The second-order valence-electron chi connectivity index (χ2n) is 6.85. The number of ether oxygens (including phenoxy) is 2. The molecule has 2 aliphatic rings. The van der Waals surface area contributed by atoms with Gasteiger partial charge in [-0.25, -0.2) is 0 Å². The molecule has 2 aromatic carbocycles. The first kappa shape index (κ1) is 18.2. The van der Waals surface area contributed by atoms with E-state index in [2.05, 4.69) is 22.8 Å². The number of hydrogen-bond donors (Lipinski definition) is 2. The van der Waals surface area contributed by atoms with Crippen molar-refractivity contribution >= 4 is 23.4 Å². The molecule has 27 heavy (non-hydrogen) atoms. The highest BCUT2D eigenvalue weighted by atomic mass is 32.2. The zero-order chi connectivity index (χ0) is 18.5. The molecule has 0 bridgehead atoms. The SMILES string of the molecule is O=C(CCC1CCNC1)Nc1cc2c(cc1Sc1ccccc1)OCCO2. The second kappa shape index (κ2) is 8.67. The Morgan fingerprint density at radius 1 is 1.15 bits per heavy atom. The molecule has 0 radical (unpaired) electrons. The van der Waals surface area contributed by atoms with Gasteiger partial charge in [0.15, 0.2) is 11.5 Å². The first-order valence-corrected chi connectivity index (χ1v) is 10.3. The van der Waals surface area contributed by atoms with E-state index in [-0.39, 0.29) is 5.91 Å². The smallest absolute Gasteiger partial charge is 0.224 e. The minimum Gasteiger partial charge on any atom is -0.486 e. The molecule has 0 saturated carbocycles. The molecule has 1 atom stereocenters. The molecule has 2 aromatic rings. The first-order valence-electron chi connectivity index (χ1n) is 9.45. The van der Waals surface area contributed by atoms with Crippen LogP contribution in [0.1, 0.15) is 19.3 Å². The number of carbonyl (C=O) groups excluding carboxylic acids is 1. The van der Waals surface area contributed by atoms with Gasteiger partial charge in [0, 0.05) is 28.3 Å². The largest absolute Gasteiger partial charge is 0.486 e. The normalized spacial score (nSPS) is 18.3. The van der Waals surface area contributed by atoms with E-state index in [1.54, 1.807) is 11.8 Å². The van der Waals surface area contributed by atoms with Crippen molar-refractivity contribution in [2.45, 2.75) is 29.1 Å². The molecule has 1 saturated heterocycles. The zero-order valence-electron chi connectivity index (χ0n) is 15.2. The minimum absolute atomic E-state index is 0.0495. The third-order valence-electron chi connectivity index (χ3n) is 4.83. The zero-order valence-corrected chi connectivity index (χ0v) is 16.0. The first-order chi connectivity index (χ1) is 13.3. The van der Waals surface area contributed by atoms with Crippen molar-refractivity contribution in [2.75, 3.05) is 31.6 Å². The summed E-state index contributed by atoms with van der Waals surface area (Å²) in [5, 5.41) is 6.44. The summed E-state index contributed by atoms with van der Waals surface area (Å²) in [5.74, 6) is 2.08. The topological polar surface area (TPSA) is 59.6 Å². The lowest BCUT2D eigenvalue weighted by Crippen LogP contribution is -2.18. The highest BCUT2D eigenvalue weighted by Crippen LogP contribution is 2.42. The maximum Gasteiger partial charge on any atom is 0.224 e. The Labute approximate surface area is 163 Å². The Bertz CT molecular complexity index is 792.